The fourth-order valence-electron chi connectivity index (χ4n) is 8.15. The zero-order valence-corrected chi connectivity index (χ0v) is 24.0. The fourth-order valence-corrected chi connectivity index (χ4v) is 8.15. The molecule has 0 spiro atoms. The number of hydrogen-bond donors (Lipinski definition) is 2. The van der Waals surface area contributed by atoms with Crippen molar-refractivity contribution in [1.29, 1.82) is 0 Å². The van der Waals surface area contributed by atoms with E-state index in [9.17, 15) is 19.8 Å². The highest BCUT2D eigenvalue weighted by molar-refractivity contribution is 5.89. The van der Waals surface area contributed by atoms with Gasteiger partial charge in [0.15, 0.2) is 11.9 Å². The molecule has 9 nitrogen and oxygen atoms in total. The average molecular weight is 567 g/mol. The number of benzene rings is 1. The van der Waals surface area contributed by atoms with Crippen molar-refractivity contribution in [2.45, 2.75) is 89.1 Å². The average Bonchev–Trinajstić information content (AvgIpc) is 3.34. The van der Waals surface area contributed by atoms with Crippen LogP contribution in [0, 0.1) is 16.7 Å². The van der Waals surface area contributed by atoms with Crippen LogP contribution < -0.4 is 0 Å². The van der Waals surface area contributed by atoms with Gasteiger partial charge in [-0.1, -0.05) is 57.7 Å². The number of aliphatic hydroxyl groups excluding tert-OH is 1. The number of rotatable bonds is 4. The lowest BCUT2D eigenvalue weighted by Gasteiger charge is -2.66. The van der Waals surface area contributed by atoms with E-state index < -0.39 is 76.7 Å². The highest BCUT2D eigenvalue weighted by Crippen LogP contribution is 2.65. The van der Waals surface area contributed by atoms with Crippen LogP contribution in [0.15, 0.2) is 66.3 Å². The Morgan fingerprint density at radius 2 is 1.85 bits per heavy atom. The van der Waals surface area contributed by atoms with Crippen LogP contribution in [-0.2, 0) is 28.5 Å². The summed E-state index contributed by atoms with van der Waals surface area (Å²) in [6, 6.07) is 8.54. The molecule has 2 N–H and O–H groups in total. The molecule has 0 amide bonds. The first kappa shape index (κ1) is 28.3. The quantitative estimate of drug-likeness (QED) is 0.418. The van der Waals surface area contributed by atoms with Crippen molar-refractivity contribution in [2.75, 3.05) is 6.61 Å². The predicted octanol–water partition coefficient (Wildman–Crippen LogP) is 3.25. The number of fused-ring (bicyclic) bond motifs is 8. The van der Waals surface area contributed by atoms with E-state index in [2.05, 4.69) is 6.58 Å². The molecule has 1 aromatic carbocycles. The highest BCUT2D eigenvalue weighted by atomic mass is 16.7. The first-order valence-electron chi connectivity index (χ1n) is 14.1. The minimum Gasteiger partial charge on any atom is -0.455 e. The smallest absolute Gasteiger partial charge is 0.338 e. The monoisotopic (exact) mass is 566 g/mol. The summed E-state index contributed by atoms with van der Waals surface area (Å²) < 4.78 is 31.3. The SMILES string of the molecule is C=C[C@@H]1O[C@@H]2C3=C(C)[C@@H](O)C[C@@](O)([C@@H](OC(=O)c4ccccc4)[C@H]4C(C)(C=C[C@H]5OC[C@]54OC(C)=O)[C@@H]2O1)C3(C)C. The van der Waals surface area contributed by atoms with Crippen molar-refractivity contribution in [2.24, 2.45) is 16.7 Å². The van der Waals surface area contributed by atoms with Gasteiger partial charge < -0.3 is 33.9 Å². The molecule has 0 aromatic heterocycles. The Labute approximate surface area is 239 Å². The first-order chi connectivity index (χ1) is 19.3. The molecular weight excluding hydrogens is 528 g/mol. The van der Waals surface area contributed by atoms with Crippen molar-refractivity contribution >= 4 is 11.9 Å². The Balaban J connectivity index is 1.64. The van der Waals surface area contributed by atoms with Gasteiger partial charge in [-0.05, 0) is 36.3 Å². The Hall–Kier alpha value is -2.82. The van der Waals surface area contributed by atoms with E-state index in [-0.39, 0.29) is 13.0 Å². The molecule has 5 aliphatic rings. The van der Waals surface area contributed by atoms with Crippen LogP contribution in [0.2, 0.25) is 0 Å². The summed E-state index contributed by atoms with van der Waals surface area (Å²) in [4.78, 5) is 26.4. The van der Waals surface area contributed by atoms with E-state index in [1.165, 1.54) is 6.92 Å². The number of ether oxygens (including phenoxy) is 5. The van der Waals surface area contributed by atoms with Crippen LogP contribution in [0.1, 0.15) is 51.4 Å². The van der Waals surface area contributed by atoms with Gasteiger partial charge in [0.2, 0.25) is 0 Å². The van der Waals surface area contributed by atoms with Crippen LogP contribution in [0.3, 0.4) is 0 Å². The van der Waals surface area contributed by atoms with Crippen molar-refractivity contribution in [3.05, 3.63) is 71.8 Å². The minimum atomic E-state index is -1.81. The Morgan fingerprint density at radius 3 is 2.46 bits per heavy atom. The molecule has 2 aliphatic heterocycles. The molecule has 1 unspecified atom stereocenters. The van der Waals surface area contributed by atoms with Crippen LogP contribution in [0.5, 0.6) is 0 Å². The maximum absolute atomic E-state index is 13.8. The second kappa shape index (κ2) is 9.34. The molecule has 10 atom stereocenters. The second-order valence-corrected chi connectivity index (χ2v) is 12.8. The Bertz CT molecular complexity index is 1330. The molecule has 6 rings (SSSR count). The zero-order valence-electron chi connectivity index (χ0n) is 24.0. The molecule has 0 radical (unpaired) electrons. The van der Waals surface area contributed by atoms with Gasteiger partial charge in [-0.3, -0.25) is 4.79 Å². The van der Waals surface area contributed by atoms with Gasteiger partial charge in [0.05, 0.1) is 24.2 Å². The number of hydrogen-bond acceptors (Lipinski definition) is 9. The largest absolute Gasteiger partial charge is 0.455 e. The third-order valence-corrected chi connectivity index (χ3v) is 10.3. The zero-order chi connectivity index (χ0) is 29.5. The van der Waals surface area contributed by atoms with Gasteiger partial charge >= 0.3 is 11.9 Å². The standard InChI is InChI=1S/C32H38O9/c1-7-22-38-24-23-17(2)20(34)15-32(36,29(23,4)5)27(40-28(35)19-11-9-8-10-12-19)25-30(6,26(24)39-22)14-13-21-31(25,16-37-21)41-18(3)33/h7-14,20-22,24-27,34,36H,1,15-16H2,2-6H3/t20-,21+,22+,24+,25-,26+,27-,30?,31-,32+/m0/s1. The van der Waals surface area contributed by atoms with Crippen molar-refractivity contribution < 1.29 is 43.5 Å². The van der Waals surface area contributed by atoms with E-state index in [0.717, 1.165) is 0 Å². The summed E-state index contributed by atoms with van der Waals surface area (Å²) in [5.74, 6) is -2.01. The summed E-state index contributed by atoms with van der Waals surface area (Å²) in [6.07, 6.45) is 0.216. The number of carbonyl (C=O) groups excluding carboxylic acids is 2. The summed E-state index contributed by atoms with van der Waals surface area (Å²) in [5, 5.41) is 24.4. The highest BCUT2D eigenvalue weighted by Gasteiger charge is 2.76. The van der Waals surface area contributed by atoms with Crippen LogP contribution in [0.4, 0.5) is 0 Å². The number of carbonyl (C=O) groups is 2. The lowest BCUT2D eigenvalue weighted by atomic mass is 9.46. The van der Waals surface area contributed by atoms with E-state index in [1.54, 1.807) is 36.4 Å². The van der Waals surface area contributed by atoms with Crippen molar-refractivity contribution in [3.8, 4) is 0 Å². The molecule has 9 heteroatoms. The maximum Gasteiger partial charge on any atom is 0.338 e. The Morgan fingerprint density at radius 1 is 1.15 bits per heavy atom. The van der Waals surface area contributed by atoms with Gasteiger partial charge in [0.25, 0.3) is 0 Å². The van der Waals surface area contributed by atoms with Gasteiger partial charge in [0, 0.05) is 24.2 Å². The maximum atomic E-state index is 13.8. The molecule has 1 saturated carbocycles. The van der Waals surface area contributed by atoms with Crippen LogP contribution >= 0.6 is 0 Å². The number of esters is 2. The third-order valence-electron chi connectivity index (χ3n) is 10.3. The summed E-state index contributed by atoms with van der Waals surface area (Å²) in [6.45, 7) is 12.8. The molecule has 2 bridgehead atoms. The Kier molecular flexibility index (Phi) is 6.45. The summed E-state index contributed by atoms with van der Waals surface area (Å²) in [7, 11) is 0. The molecule has 2 heterocycles. The van der Waals surface area contributed by atoms with E-state index in [4.69, 9.17) is 23.7 Å². The summed E-state index contributed by atoms with van der Waals surface area (Å²) >= 11 is 0. The molecule has 1 aromatic rings. The minimum absolute atomic E-state index is 0.0329. The van der Waals surface area contributed by atoms with Gasteiger partial charge in [-0.2, -0.15) is 0 Å². The molecule has 3 fully saturated rings. The van der Waals surface area contributed by atoms with Crippen molar-refractivity contribution in [1.82, 2.24) is 0 Å². The molecule has 41 heavy (non-hydrogen) atoms. The fraction of sp³-hybridized carbons (Fsp3) is 0.562. The van der Waals surface area contributed by atoms with Crippen LogP contribution in [0.25, 0.3) is 0 Å². The van der Waals surface area contributed by atoms with Gasteiger partial charge in [-0.25, -0.2) is 4.79 Å². The van der Waals surface area contributed by atoms with Crippen LogP contribution in [-0.4, -0.2) is 76.8 Å². The van der Waals surface area contributed by atoms with Gasteiger partial charge in [0.1, 0.15) is 30.0 Å². The molecule has 3 aliphatic carbocycles. The lowest BCUT2D eigenvalue weighted by Crippen LogP contribution is -2.78. The summed E-state index contributed by atoms with van der Waals surface area (Å²) in [5.41, 5.74) is -3.47. The lowest BCUT2D eigenvalue weighted by molar-refractivity contribution is -0.316. The molecular formula is C32H38O9. The van der Waals surface area contributed by atoms with Gasteiger partial charge in [-0.15, -0.1) is 0 Å². The first-order valence-corrected chi connectivity index (χ1v) is 14.1. The normalized spacial score (nSPS) is 43.8. The van der Waals surface area contributed by atoms with E-state index >= 15 is 0 Å². The van der Waals surface area contributed by atoms with E-state index in [0.29, 0.717) is 16.7 Å². The number of aliphatic hydroxyl groups is 2. The third kappa shape index (κ3) is 3.79. The van der Waals surface area contributed by atoms with E-state index in [1.807, 2.05) is 39.8 Å². The second-order valence-electron chi connectivity index (χ2n) is 12.8. The topological polar surface area (TPSA) is 121 Å². The molecule has 220 valence electrons. The molecule has 2 saturated heterocycles. The predicted molar refractivity (Wildman–Crippen MR) is 146 cm³/mol. The van der Waals surface area contributed by atoms with Crippen molar-refractivity contribution in [3.63, 3.8) is 0 Å².